The van der Waals surface area contributed by atoms with E-state index in [-0.39, 0.29) is 11.2 Å². The summed E-state index contributed by atoms with van der Waals surface area (Å²) in [4.78, 5) is 22.0. The molecule has 1 aliphatic rings. The van der Waals surface area contributed by atoms with Crippen molar-refractivity contribution in [1.82, 2.24) is 14.8 Å². The lowest BCUT2D eigenvalue weighted by Gasteiger charge is -1.92. The molecule has 1 unspecified atom stereocenters. The molecule has 0 aliphatic carbocycles. The van der Waals surface area contributed by atoms with E-state index in [4.69, 9.17) is 0 Å². The van der Waals surface area contributed by atoms with E-state index in [0.717, 1.165) is 4.57 Å². The zero-order valence-electron chi connectivity index (χ0n) is 5.70. The van der Waals surface area contributed by atoms with E-state index < -0.39 is 5.69 Å². The van der Waals surface area contributed by atoms with Gasteiger partial charge in [0.1, 0.15) is 0 Å². The van der Waals surface area contributed by atoms with E-state index in [1.807, 2.05) is 0 Å². The Morgan fingerprint density at radius 3 is 3.00 bits per heavy atom. The molecule has 1 aromatic rings. The Balaban J connectivity index is 2.67. The fraction of sp³-hybridized carbons (Fsp3) is 0.400. The molecule has 2 rings (SSSR count). The first-order valence-electron chi connectivity index (χ1n) is 3.08. The van der Waals surface area contributed by atoms with Crippen LogP contribution in [0.5, 0.6) is 0 Å². The van der Waals surface area contributed by atoms with E-state index in [1.165, 1.54) is 11.8 Å². The summed E-state index contributed by atoms with van der Waals surface area (Å²) in [6.07, 6.45) is 0. The Kier molecular flexibility index (Phi) is 1.19. The topological polar surface area (TPSA) is 67.8 Å². The Bertz CT molecular complexity index is 366. The Morgan fingerprint density at radius 1 is 1.64 bits per heavy atom. The molecule has 0 radical (unpaired) electrons. The number of nitrogens with zero attached hydrogens (tertiary/aromatic N) is 2. The molecule has 5 nitrogen and oxygen atoms in total. The first kappa shape index (κ1) is 6.66. The number of H-pyrrole nitrogens is 1. The van der Waals surface area contributed by atoms with Crippen LogP contribution in [0.1, 0.15) is 11.7 Å². The second kappa shape index (κ2) is 1.97. The molecule has 11 heavy (non-hydrogen) atoms. The minimum Gasteiger partial charge on any atom is -0.273 e. The van der Waals surface area contributed by atoms with Gasteiger partial charge in [-0.15, -0.1) is 5.10 Å². The van der Waals surface area contributed by atoms with Gasteiger partial charge in [-0.1, -0.05) is 11.8 Å². The fourth-order valence-electron chi connectivity index (χ4n) is 0.946. The lowest BCUT2D eigenvalue weighted by Crippen LogP contribution is -2.25. The molecular formula is C5H5N3O2S. The van der Waals surface area contributed by atoms with Gasteiger partial charge in [0.05, 0.1) is 5.25 Å². The summed E-state index contributed by atoms with van der Waals surface area (Å²) in [5, 5.41) is 6.16. The number of hydrogen-bond acceptors (Lipinski definition) is 4. The SMILES string of the molecule is CC1Sc2n[nH]c(=O)n2C1=O. The molecule has 1 aliphatic heterocycles. The van der Waals surface area contributed by atoms with Crippen LogP contribution in [-0.2, 0) is 0 Å². The molecule has 58 valence electrons. The summed E-state index contributed by atoms with van der Waals surface area (Å²) in [5.74, 6) is -0.191. The molecule has 1 atom stereocenters. The second-order valence-corrected chi connectivity index (χ2v) is 3.55. The van der Waals surface area contributed by atoms with Crippen molar-refractivity contribution in [3.05, 3.63) is 10.5 Å². The molecule has 0 aromatic carbocycles. The number of rotatable bonds is 0. The minimum atomic E-state index is -0.443. The monoisotopic (exact) mass is 171 g/mol. The quantitative estimate of drug-likeness (QED) is 0.582. The van der Waals surface area contributed by atoms with Gasteiger partial charge in [0.2, 0.25) is 5.91 Å². The zero-order chi connectivity index (χ0) is 8.01. The number of hydrogen-bond donors (Lipinski definition) is 1. The van der Waals surface area contributed by atoms with Crippen molar-refractivity contribution < 1.29 is 4.79 Å². The van der Waals surface area contributed by atoms with Crippen molar-refractivity contribution in [3.8, 4) is 0 Å². The van der Waals surface area contributed by atoms with E-state index in [2.05, 4.69) is 10.2 Å². The number of carbonyl (C=O) groups is 1. The van der Waals surface area contributed by atoms with Crippen LogP contribution in [0.3, 0.4) is 0 Å². The number of fused-ring (bicyclic) bond motifs is 1. The molecule has 6 heteroatoms. The third kappa shape index (κ3) is 0.756. The average Bonchev–Trinajstić information content (AvgIpc) is 2.41. The molecule has 1 N–H and O–H groups in total. The molecule has 0 saturated heterocycles. The Hall–Kier alpha value is -1.04. The van der Waals surface area contributed by atoms with Gasteiger partial charge in [-0.2, -0.15) is 0 Å². The molecular weight excluding hydrogens is 166 g/mol. The van der Waals surface area contributed by atoms with E-state index in [0.29, 0.717) is 5.16 Å². The van der Waals surface area contributed by atoms with Gasteiger partial charge in [-0.05, 0) is 6.92 Å². The van der Waals surface area contributed by atoms with E-state index in [1.54, 1.807) is 6.92 Å². The highest BCUT2D eigenvalue weighted by atomic mass is 32.2. The fourth-order valence-corrected chi connectivity index (χ4v) is 1.85. The van der Waals surface area contributed by atoms with Crippen molar-refractivity contribution in [3.63, 3.8) is 0 Å². The van der Waals surface area contributed by atoms with Gasteiger partial charge >= 0.3 is 5.69 Å². The normalized spacial score (nSPS) is 22.3. The summed E-state index contributed by atoms with van der Waals surface area (Å²) >= 11 is 1.29. The smallest absolute Gasteiger partial charge is 0.273 e. The molecule has 0 bridgehead atoms. The van der Waals surface area contributed by atoms with Gasteiger partial charge in [0, 0.05) is 0 Å². The molecule has 0 fully saturated rings. The average molecular weight is 171 g/mol. The number of carbonyl (C=O) groups excluding carboxylic acids is 1. The summed E-state index contributed by atoms with van der Waals surface area (Å²) < 4.78 is 1.06. The molecule has 0 amide bonds. The van der Waals surface area contributed by atoms with Gasteiger partial charge in [-0.25, -0.2) is 14.5 Å². The maximum atomic E-state index is 11.2. The molecule has 2 heterocycles. The van der Waals surface area contributed by atoms with Crippen LogP contribution in [0, 0.1) is 0 Å². The van der Waals surface area contributed by atoms with Crippen LogP contribution in [0.15, 0.2) is 9.95 Å². The van der Waals surface area contributed by atoms with E-state index in [9.17, 15) is 9.59 Å². The predicted octanol–water partition coefficient (Wildman–Crippen LogP) is -0.294. The van der Waals surface area contributed by atoms with Crippen molar-refractivity contribution in [2.45, 2.75) is 17.3 Å². The van der Waals surface area contributed by atoms with Crippen LogP contribution < -0.4 is 5.69 Å². The van der Waals surface area contributed by atoms with Crippen LogP contribution in [0.25, 0.3) is 0 Å². The Labute approximate surface area is 65.8 Å². The highest BCUT2D eigenvalue weighted by Crippen LogP contribution is 2.27. The lowest BCUT2D eigenvalue weighted by molar-refractivity contribution is 0.0910. The van der Waals surface area contributed by atoms with Crippen molar-refractivity contribution >= 4 is 17.7 Å². The summed E-state index contributed by atoms with van der Waals surface area (Å²) in [6.45, 7) is 1.75. The maximum absolute atomic E-state index is 11.2. The first-order chi connectivity index (χ1) is 5.20. The minimum absolute atomic E-state index is 0.181. The van der Waals surface area contributed by atoms with Crippen molar-refractivity contribution in [2.24, 2.45) is 0 Å². The standard InChI is InChI=1S/C5H5N3O2S/c1-2-3(9)8-4(10)6-7-5(8)11-2/h2H,1H3,(H,6,10). The van der Waals surface area contributed by atoms with Crippen LogP contribution in [-0.4, -0.2) is 25.9 Å². The predicted molar refractivity (Wildman–Crippen MR) is 38.8 cm³/mol. The summed E-state index contributed by atoms with van der Waals surface area (Å²) in [5.41, 5.74) is -0.443. The second-order valence-electron chi connectivity index (χ2n) is 2.25. The van der Waals surface area contributed by atoms with Gasteiger partial charge in [0.25, 0.3) is 0 Å². The van der Waals surface area contributed by atoms with Crippen molar-refractivity contribution in [1.29, 1.82) is 0 Å². The number of nitrogens with one attached hydrogen (secondary N) is 1. The van der Waals surface area contributed by atoms with Gasteiger partial charge < -0.3 is 0 Å². The highest BCUT2D eigenvalue weighted by molar-refractivity contribution is 8.00. The first-order valence-corrected chi connectivity index (χ1v) is 3.96. The third-order valence-corrected chi connectivity index (χ3v) is 2.53. The lowest BCUT2D eigenvalue weighted by atomic mass is 10.4. The molecule has 1 aromatic heterocycles. The molecule has 0 saturated carbocycles. The van der Waals surface area contributed by atoms with Gasteiger partial charge in [-0.3, -0.25) is 4.79 Å². The maximum Gasteiger partial charge on any atom is 0.350 e. The van der Waals surface area contributed by atoms with Crippen LogP contribution in [0.2, 0.25) is 0 Å². The third-order valence-electron chi connectivity index (χ3n) is 1.49. The number of thioether (sulfide) groups is 1. The van der Waals surface area contributed by atoms with E-state index >= 15 is 0 Å². The Morgan fingerprint density at radius 2 is 2.36 bits per heavy atom. The van der Waals surface area contributed by atoms with Crippen LogP contribution >= 0.6 is 11.8 Å². The number of aromatic amines is 1. The number of aromatic nitrogens is 3. The van der Waals surface area contributed by atoms with Crippen LogP contribution in [0.4, 0.5) is 0 Å². The van der Waals surface area contributed by atoms with Crippen molar-refractivity contribution in [2.75, 3.05) is 0 Å². The largest absolute Gasteiger partial charge is 0.350 e. The summed E-state index contributed by atoms with van der Waals surface area (Å²) in [7, 11) is 0. The summed E-state index contributed by atoms with van der Waals surface area (Å²) in [6, 6.07) is 0. The zero-order valence-corrected chi connectivity index (χ0v) is 6.51. The van der Waals surface area contributed by atoms with Gasteiger partial charge in [0.15, 0.2) is 5.16 Å². The molecule has 0 spiro atoms. The highest BCUT2D eigenvalue weighted by Gasteiger charge is 2.30.